The highest BCUT2D eigenvalue weighted by Gasteiger charge is 2.32. The van der Waals surface area contributed by atoms with E-state index in [0.717, 1.165) is 0 Å². The molecule has 0 aromatic heterocycles. The topological polar surface area (TPSA) is 77.8 Å². The monoisotopic (exact) mass is 271 g/mol. The number of carbonyl (C=O) groups excluding carboxylic acids is 1. The number of carboxylic acids is 1. The van der Waals surface area contributed by atoms with Crippen molar-refractivity contribution >= 4 is 11.9 Å². The second kappa shape index (κ2) is 7.48. The number of nitrogens with zero attached hydrogens (tertiary/aromatic N) is 1. The van der Waals surface area contributed by atoms with E-state index in [4.69, 9.17) is 10.2 Å². The fraction of sp³-hybridized carbons (Fsp3) is 0.857. The number of hydrogen-bond acceptors (Lipinski definition) is 3. The van der Waals surface area contributed by atoms with Crippen LogP contribution in [0.5, 0.6) is 0 Å². The summed E-state index contributed by atoms with van der Waals surface area (Å²) in [6.07, 6.45) is 3.11. The van der Waals surface area contributed by atoms with Crippen molar-refractivity contribution in [1.82, 2.24) is 4.90 Å². The van der Waals surface area contributed by atoms with Crippen LogP contribution in [0.1, 0.15) is 46.0 Å². The molecule has 0 atom stereocenters. The van der Waals surface area contributed by atoms with Gasteiger partial charge in [0.15, 0.2) is 0 Å². The minimum Gasteiger partial charge on any atom is -0.481 e. The summed E-state index contributed by atoms with van der Waals surface area (Å²) in [4.78, 5) is 25.1. The number of aliphatic hydroxyl groups excluding tert-OH is 1. The van der Waals surface area contributed by atoms with Crippen molar-refractivity contribution in [2.24, 2.45) is 11.8 Å². The van der Waals surface area contributed by atoms with E-state index >= 15 is 0 Å². The van der Waals surface area contributed by atoms with Crippen LogP contribution in [0.4, 0.5) is 0 Å². The fourth-order valence-corrected chi connectivity index (χ4v) is 2.69. The second-order valence-electron chi connectivity index (χ2n) is 5.59. The molecule has 0 aromatic carbocycles. The van der Waals surface area contributed by atoms with E-state index in [2.05, 4.69) is 0 Å². The van der Waals surface area contributed by atoms with Gasteiger partial charge < -0.3 is 15.1 Å². The summed E-state index contributed by atoms with van der Waals surface area (Å²) in [5.74, 6) is -0.954. The molecule has 0 aliphatic heterocycles. The summed E-state index contributed by atoms with van der Waals surface area (Å²) in [6, 6.07) is 0.122. The molecule has 0 heterocycles. The van der Waals surface area contributed by atoms with Crippen LogP contribution >= 0.6 is 0 Å². The van der Waals surface area contributed by atoms with Crippen LogP contribution in [-0.2, 0) is 9.59 Å². The van der Waals surface area contributed by atoms with E-state index in [1.807, 2.05) is 18.7 Å². The van der Waals surface area contributed by atoms with Gasteiger partial charge in [-0.25, -0.2) is 0 Å². The molecular weight excluding hydrogens is 246 g/mol. The molecule has 19 heavy (non-hydrogen) atoms. The Bertz CT molecular complexity index is 309. The Morgan fingerprint density at radius 3 is 2.11 bits per heavy atom. The van der Waals surface area contributed by atoms with Crippen molar-refractivity contribution in [1.29, 1.82) is 0 Å². The zero-order valence-corrected chi connectivity index (χ0v) is 11.8. The third-order valence-electron chi connectivity index (χ3n) is 3.89. The molecule has 1 aliphatic rings. The predicted molar refractivity (Wildman–Crippen MR) is 71.6 cm³/mol. The van der Waals surface area contributed by atoms with Gasteiger partial charge in [-0.05, 0) is 46.0 Å². The van der Waals surface area contributed by atoms with Gasteiger partial charge in [0, 0.05) is 25.1 Å². The number of aliphatic carboxylic acids is 1. The summed E-state index contributed by atoms with van der Waals surface area (Å²) < 4.78 is 0. The maximum Gasteiger partial charge on any atom is 0.306 e. The molecule has 5 heteroatoms. The maximum atomic E-state index is 12.4. The van der Waals surface area contributed by atoms with Crippen LogP contribution < -0.4 is 0 Å². The summed E-state index contributed by atoms with van der Waals surface area (Å²) in [6.45, 7) is 4.60. The molecule has 1 aliphatic carbocycles. The first-order chi connectivity index (χ1) is 8.97. The molecule has 0 bridgehead atoms. The molecule has 1 rings (SSSR count). The standard InChI is InChI=1S/C14H25NO4/c1-10(2)15(8-3-9-16)13(17)11-4-6-12(7-5-11)14(18)19/h10-12,16H,3-9H2,1-2H3,(H,18,19). The van der Waals surface area contributed by atoms with Crippen LogP contribution in [0.25, 0.3) is 0 Å². The Kier molecular flexibility index (Phi) is 6.28. The molecule has 1 saturated carbocycles. The van der Waals surface area contributed by atoms with Crippen molar-refractivity contribution in [2.45, 2.75) is 52.0 Å². The Hall–Kier alpha value is -1.10. The number of aliphatic hydroxyl groups is 1. The maximum absolute atomic E-state index is 12.4. The average Bonchev–Trinajstić information content (AvgIpc) is 2.38. The highest BCUT2D eigenvalue weighted by molar-refractivity contribution is 5.79. The summed E-state index contributed by atoms with van der Waals surface area (Å²) in [5.41, 5.74) is 0. The van der Waals surface area contributed by atoms with E-state index in [1.165, 1.54) is 0 Å². The summed E-state index contributed by atoms with van der Waals surface area (Å²) in [7, 11) is 0. The first-order valence-electron chi connectivity index (χ1n) is 7.11. The third-order valence-corrected chi connectivity index (χ3v) is 3.89. The van der Waals surface area contributed by atoms with Gasteiger partial charge in [-0.3, -0.25) is 9.59 Å². The van der Waals surface area contributed by atoms with Crippen molar-refractivity contribution in [3.63, 3.8) is 0 Å². The van der Waals surface area contributed by atoms with Crippen LogP contribution in [0.3, 0.4) is 0 Å². The molecule has 2 N–H and O–H groups in total. The Balaban J connectivity index is 2.54. The number of carboxylic acid groups (broad SMARTS) is 1. The lowest BCUT2D eigenvalue weighted by Gasteiger charge is -2.33. The molecular formula is C14H25NO4. The van der Waals surface area contributed by atoms with Gasteiger partial charge in [-0.2, -0.15) is 0 Å². The molecule has 0 unspecified atom stereocenters. The van der Waals surface area contributed by atoms with Crippen molar-refractivity contribution in [3.8, 4) is 0 Å². The number of carbonyl (C=O) groups is 2. The van der Waals surface area contributed by atoms with Gasteiger partial charge in [0.05, 0.1) is 5.92 Å². The third kappa shape index (κ3) is 4.49. The normalized spacial score (nSPS) is 23.4. The minimum absolute atomic E-state index is 0.0447. The molecule has 0 saturated heterocycles. The fourth-order valence-electron chi connectivity index (χ4n) is 2.69. The highest BCUT2D eigenvalue weighted by atomic mass is 16.4. The number of hydrogen-bond donors (Lipinski definition) is 2. The van der Waals surface area contributed by atoms with Crippen molar-refractivity contribution in [3.05, 3.63) is 0 Å². The smallest absolute Gasteiger partial charge is 0.306 e. The molecule has 5 nitrogen and oxygen atoms in total. The van der Waals surface area contributed by atoms with Gasteiger partial charge in [0.25, 0.3) is 0 Å². The van der Waals surface area contributed by atoms with Gasteiger partial charge in [-0.1, -0.05) is 0 Å². The van der Waals surface area contributed by atoms with Crippen molar-refractivity contribution < 1.29 is 19.8 Å². The quantitative estimate of drug-likeness (QED) is 0.767. The lowest BCUT2D eigenvalue weighted by atomic mass is 9.81. The lowest BCUT2D eigenvalue weighted by molar-refractivity contribution is -0.146. The Morgan fingerprint density at radius 2 is 1.68 bits per heavy atom. The minimum atomic E-state index is -0.744. The Labute approximate surface area is 114 Å². The van der Waals surface area contributed by atoms with Gasteiger partial charge in [-0.15, -0.1) is 0 Å². The van der Waals surface area contributed by atoms with E-state index in [9.17, 15) is 9.59 Å². The molecule has 0 radical (unpaired) electrons. The highest BCUT2D eigenvalue weighted by Crippen LogP contribution is 2.30. The van der Waals surface area contributed by atoms with Crippen LogP contribution in [0, 0.1) is 11.8 Å². The largest absolute Gasteiger partial charge is 0.481 e. The van der Waals surface area contributed by atoms with Crippen molar-refractivity contribution in [2.75, 3.05) is 13.2 Å². The lowest BCUT2D eigenvalue weighted by Crippen LogP contribution is -2.43. The zero-order chi connectivity index (χ0) is 14.4. The van der Waals surface area contributed by atoms with Gasteiger partial charge in [0.1, 0.15) is 0 Å². The first kappa shape index (κ1) is 16.0. The average molecular weight is 271 g/mol. The molecule has 0 spiro atoms. The molecule has 1 fully saturated rings. The Morgan fingerprint density at radius 1 is 1.16 bits per heavy atom. The van der Waals surface area contributed by atoms with Crippen LogP contribution in [0.15, 0.2) is 0 Å². The molecule has 1 amide bonds. The SMILES string of the molecule is CC(C)N(CCCO)C(=O)C1CCC(C(=O)O)CC1. The van der Waals surface area contributed by atoms with Crippen LogP contribution in [-0.4, -0.2) is 46.2 Å². The van der Waals surface area contributed by atoms with E-state index in [-0.39, 0.29) is 30.4 Å². The second-order valence-corrected chi connectivity index (χ2v) is 5.59. The van der Waals surface area contributed by atoms with E-state index < -0.39 is 5.97 Å². The summed E-state index contributed by atoms with van der Waals surface area (Å²) >= 11 is 0. The molecule has 0 aromatic rings. The van der Waals surface area contributed by atoms with Gasteiger partial charge >= 0.3 is 5.97 Å². The van der Waals surface area contributed by atoms with E-state index in [0.29, 0.717) is 38.6 Å². The van der Waals surface area contributed by atoms with Crippen LogP contribution in [0.2, 0.25) is 0 Å². The number of amides is 1. The summed E-state index contributed by atoms with van der Waals surface area (Å²) in [5, 5.41) is 17.8. The first-order valence-corrected chi connectivity index (χ1v) is 7.11. The van der Waals surface area contributed by atoms with E-state index in [1.54, 1.807) is 0 Å². The zero-order valence-electron chi connectivity index (χ0n) is 11.8. The predicted octanol–water partition coefficient (Wildman–Crippen LogP) is 1.50. The molecule has 110 valence electrons. The van der Waals surface area contributed by atoms with Gasteiger partial charge in [0.2, 0.25) is 5.91 Å². The number of rotatable bonds is 6.